The number of nitrogens with zero attached hydrogens (tertiary/aromatic N) is 2. The van der Waals surface area contributed by atoms with Gasteiger partial charge in [0.2, 0.25) is 5.91 Å². The summed E-state index contributed by atoms with van der Waals surface area (Å²) < 4.78 is 83.2. The highest BCUT2D eigenvalue weighted by atomic mass is 19.4. The minimum Gasteiger partial charge on any atom is -0.370 e. The maximum Gasteiger partial charge on any atom is 0.418 e. The molecule has 7 nitrogen and oxygen atoms in total. The molecule has 0 aromatic heterocycles. The summed E-state index contributed by atoms with van der Waals surface area (Å²) in [6.07, 6.45) is -9.44. The summed E-state index contributed by atoms with van der Waals surface area (Å²) in [4.78, 5) is 25.8. The highest BCUT2D eigenvalue weighted by Gasteiger charge is 2.38. The van der Waals surface area contributed by atoms with E-state index in [9.17, 15) is 35.9 Å². The van der Waals surface area contributed by atoms with Crippen molar-refractivity contribution in [3.8, 4) is 0 Å². The van der Waals surface area contributed by atoms with E-state index in [0.29, 0.717) is 11.0 Å². The van der Waals surface area contributed by atoms with Gasteiger partial charge in [-0.2, -0.15) is 26.3 Å². The molecule has 0 unspecified atom stereocenters. The standard InChI is InChI=1S/C17H20F6N4O3/c1-26(9-16(18,19)20)13(7-24)15(29)25-10-2-3-12(11(6-10)17(21,22)23)27-4-5-30-8-14(27)28/h2-3,6,13H,4-5,7-9,24H2,1H3,(H,25,29)/t13-/m1/s1. The largest absolute Gasteiger partial charge is 0.418 e. The predicted molar refractivity (Wildman–Crippen MR) is 94.8 cm³/mol. The van der Waals surface area contributed by atoms with Crippen LogP contribution < -0.4 is 16.0 Å². The van der Waals surface area contributed by atoms with Crippen LogP contribution in [0.15, 0.2) is 18.2 Å². The maximum absolute atomic E-state index is 13.6. The molecule has 13 heteroatoms. The average Bonchev–Trinajstić information content (AvgIpc) is 2.60. The molecule has 168 valence electrons. The van der Waals surface area contributed by atoms with Crippen LogP contribution in [0.5, 0.6) is 0 Å². The van der Waals surface area contributed by atoms with Crippen molar-refractivity contribution in [1.29, 1.82) is 0 Å². The number of amides is 2. The van der Waals surface area contributed by atoms with Gasteiger partial charge in [0.1, 0.15) is 12.6 Å². The SMILES string of the molecule is CN(CC(F)(F)F)[C@H](CN)C(=O)Nc1ccc(N2CCOCC2=O)c(C(F)(F)F)c1. The van der Waals surface area contributed by atoms with Crippen molar-refractivity contribution in [2.45, 2.75) is 18.4 Å². The Morgan fingerprint density at radius 2 is 1.97 bits per heavy atom. The third-order valence-corrected chi connectivity index (χ3v) is 4.33. The normalized spacial score (nSPS) is 16.7. The minimum atomic E-state index is -4.85. The van der Waals surface area contributed by atoms with Crippen molar-refractivity contribution in [2.75, 3.05) is 50.1 Å². The first-order valence-corrected chi connectivity index (χ1v) is 8.70. The number of hydrogen-bond donors (Lipinski definition) is 2. The highest BCUT2D eigenvalue weighted by Crippen LogP contribution is 2.38. The van der Waals surface area contributed by atoms with Gasteiger partial charge in [-0.15, -0.1) is 0 Å². The molecule has 1 heterocycles. The van der Waals surface area contributed by atoms with Crippen molar-refractivity contribution in [2.24, 2.45) is 5.73 Å². The van der Waals surface area contributed by atoms with Crippen LogP contribution in [0.1, 0.15) is 5.56 Å². The second-order valence-electron chi connectivity index (χ2n) is 6.60. The van der Waals surface area contributed by atoms with Crippen molar-refractivity contribution in [3.63, 3.8) is 0 Å². The van der Waals surface area contributed by atoms with Gasteiger partial charge in [-0.25, -0.2) is 0 Å². The molecule has 0 bridgehead atoms. The molecule has 0 spiro atoms. The molecule has 1 aromatic carbocycles. The quantitative estimate of drug-likeness (QED) is 0.657. The van der Waals surface area contributed by atoms with Crippen LogP contribution >= 0.6 is 0 Å². The lowest BCUT2D eigenvalue weighted by atomic mass is 10.1. The van der Waals surface area contributed by atoms with Gasteiger partial charge >= 0.3 is 12.4 Å². The summed E-state index contributed by atoms with van der Waals surface area (Å²) in [6, 6.07) is 1.34. The van der Waals surface area contributed by atoms with Gasteiger partial charge in [0.05, 0.1) is 24.4 Å². The summed E-state index contributed by atoms with van der Waals surface area (Å²) >= 11 is 0. The number of benzene rings is 1. The number of halogens is 6. The maximum atomic E-state index is 13.6. The Labute approximate surface area is 167 Å². The van der Waals surface area contributed by atoms with E-state index in [1.54, 1.807) is 0 Å². The van der Waals surface area contributed by atoms with Crippen LogP contribution in [0.25, 0.3) is 0 Å². The number of nitrogens with two attached hydrogens (primary N) is 1. The molecule has 1 atom stereocenters. The predicted octanol–water partition coefficient (Wildman–Crippen LogP) is 1.83. The molecule has 1 saturated heterocycles. The number of ether oxygens (including phenoxy) is 1. The molecule has 1 aliphatic heterocycles. The summed E-state index contributed by atoms with van der Waals surface area (Å²) in [7, 11) is 1.03. The Morgan fingerprint density at radius 1 is 1.30 bits per heavy atom. The zero-order valence-corrected chi connectivity index (χ0v) is 15.8. The molecule has 1 aromatic rings. The summed E-state index contributed by atoms with van der Waals surface area (Å²) in [5.41, 5.74) is 3.50. The highest BCUT2D eigenvalue weighted by molar-refractivity contribution is 5.98. The molecule has 30 heavy (non-hydrogen) atoms. The first kappa shape index (κ1) is 23.9. The third kappa shape index (κ3) is 6.06. The molecular formula is C17H20F6N4O3. The Hall–Kier alpha value is -2.38. The van der Waals surface area contributed by atoms with E-state index in [1.807, 2.05) is 0 Å². The van der Waals surface area contributed by atoms with Crippen LogP contribution in [0.2, 0.25) is 0 Å². The van der Waals surface area contributed by atoms with Crippen molar-refractivity contribution in [3.05, 3.63) is 23.8 Å². The monoisotopic (exact) mass is 442 g/mol. The second kappa shape index (κ2) is 9.18. The number of rotatable bonds is 6. The molecule has 2 amide bonds. The van der Waals surface area contributed by atoms with E-state index >= 15 is 0 Å². The zero-order chi connectivity index (χ0) is 22.7. The van der Waals surface area contributed by atoms with Crippen molar-refractivity contribution >= 4 is 23.2 Å². The minimum absolute atomic E-state index is 0.0608. The molecule has 0 saturated carbocycles. The van der Waals surface area contributed by atoms with E-state index in [1.165, 1.54) is 0 Å². The first-order valence-electron chi connectivity index (χ1n) is 8.70. The van der Waals surface area contributed by atoms with Gasteiger partial charge in [-0.05, 0) is 25.2 Å². The van der Waals surface area contributed by atoms with Gasteiger partial charge in [-0.3, -0.25) is 14.5 Å². The zero-order valence-electron chi connectivity index (χ0n) is 15.8. The number of anilines is 2. The van der Waals surface area contributed by atoms with Gasteiger partial charge < -0.3 is 20.7 Å². The number of carbonyl (C=O) groups is 2. The van der Waals surface area contributed by atoms with E-state index in [0.717, 1.165) is 24.1 Å². The van der Waals surface area contributed by atoms with Gasteiger partial charge in [0, 0.05) is 18.8 Å². The molecule has 3 N–H and O–H groups in total. The number of carbonyl (C=O) groups excluding carboxylic acids is 2. The molecular weight excluding hydrogens is 422 g/mol. The van der Waals surface area contributed by atoms with Crippen molar-refractivity contribution in [1.82, 2.24) is 4.90 Å². The lowest BCUT2D eigenvalue weighted by molar-refractivity contribution is -0.150. The van der Waals surface area contributed by atoms with E-state index in [2.05, 4.69) is 5.32 Å². The van der Waals surface area contributed by atoms with Gasteiger partial charge in [0.15, 0.2) is 0 Å². The van der Waals surface area contributed by atoms with Crippen LogP contribution in [0.3, 0.4) is 0 Å². The van der Waals surface area contributed by atoms with E-state index in [-0.39, 0.29) is 25.4 Å². The van der Waals surface area contributed by atoms with Crippen LogP contribution in [0, 0.1) is 0 Å². The van der Waals surface area contributed by atoms with Crippen LogP contribution in [0.4, 0.5) is 37.7 Å². The van der Waals surface area contributed by atoms with Gasteiger partial charge in [0.25, 0.3) is 5.91 Å². The van der Waals surface area contributed by atoms with Gasteiger partial charge in [-0.1, -0.05) is 0 Å². The average molecular weight is 442 g/mol. The number of hydrogen-bond acceptors (Lipinski definition) is 5. The Balaban J connectivity index is 2.27. The molecule has 0 radical (unpaired) electrons. The lowest BCUT2D eigenvalue weighted by Crippen LogP contribution is -2.49. The third-order valence-electron chi connectivity index (χ3n) is 4.33. The Morgan fingerprint density at radius 3 is 2.50 bits per heavy atom. The second-order valence-corrected chi connectivity index (χ2v) is 6.60. The Bertz CT molecular complexity index is 784. The fraction of sp³-hybridized carbons (Fsp3) is 0.529. The first-order chi connectivity index (χ1) is 13.8. The van der Waals surface area contributed by atoms with E-state index in [4.69, 9.17) is 10.5 Å². The number of nitrogens with one attached hydrogen (secondary N) is 1. The smallest absolute Gasteiger partial charge is 0.370 e. The van der Waals surface area contributed by atoms with Crippen molar-refractivity contribution < 1.29 is 40.7 Å². The summed E-state index contributed by atoms with van der Waals surface area (Å²) in [5.74, 6) is -1.65. The summed E-state index contributed by atoms with van der Waals surface area (Å²) in [6.45, 7) is -2.28. The number of morpholine rings is 1. The molecule has 1 fully saturated rings. The molecule has 2 rings (SSSR count). The molecule has 0 aliphatic carbocycles. The fourth-order valence-electron chi connectivity index (χ4n) is 2.95. The Kier molecular flexibility index (Phi) is 7.31. The topological polar surface area (TPSA) is 87.9 Å². The lowest BCUT2D eigenvalue weighted by Gasteiger charge is -2.30. The molecule has 1 aliphatic rings. The van der Waals surface area contributed by atoms with E-state index < -0.39 is 54.5 Å². The fourth-order valence-corrected chi connectivity index (χ4v) is 2.95. The van der Waals surface area contributed by atoms with Crippen LogP contribution in [-0.4, -0.2) is 68.8 Å². The summed E-state index contributed by atoms with van der Waals surface area (Å²) in [5, 5.41) is 2.16. The number of likely N-dealkylation sites (N-methyl/N-ethyl adjacent to an activating group) is 1. The van der Waals surface area contributed by atoms with Crippen LogP contribution in [-0.2, 0) is 20.5 Å². The number of alkyl halides is 6.